The second-order valence-corrected chi connectivity index (χ2v) is 4.03. The van der Waals surface area contributed by atoms with Crippen LogP contribution >= 0.6 is 0 Å². The summed E-state index contributed by atoms with van der Waals surface area (Å²) in [6, 6.07) is 6.53. The number of phenolic OH excluding ortho intramolecular Hbond substituents is 1. The predicted molar refractivity (Wildman–Crippen MR) is 68.0 cm³/mol. The largest absolute Gasteiger partial charge is 0.508 e. The maximum Gasteiger partial charge on any atom is 0.312 e. The van der Waals surface area contributed by atoms with Crippen molar-refractivity contribution in [2.45, 2.75) is 25.8 Å². The van der Waals surface area contributed by atoms with Crippen LogP contribution in [-0.4, -0.2) is 23.7 Å². The highest BCUT2D eigenvalue weighted by molar-refractivity contribution is 5.71. The molecule has 0 heterocycles. The third kappa shape index (κ3) is 5.65. The molecule has 1 rings (SSSR count). The van der Waals surface area contributed by atoms with E-state index in [0.717, 1.165) is 25.1 Å². The number of benzene rings is 1. The minimum atomic E-state index is -0.482. The first kappa shape index (κ1) is 13.2. The number of carbonyl (C=O) groups excluding carboxylic acids is 1. The number of phenols is 1. The fraction of sp³-hybridized carbons (Fsp3) is 0.417. The molecule has 0 bridgehead atoms. The first-order chi connectivity index (χ1) is 8.08. The van der Waals surface area contributed by atoms with Gasteiger partial charge in [-0.2, -0.15) is 0 Å². The normalized spacial score (nSPS) is 11.8. The zero-order valence-electron chi connectivity index (χ0n) is 9.94. The fourth-order valence-electron chi connectivity index (χ4n) is 1.54. The van der Waals surface area contributed by atoms with Crippen LogP contribution in [0.2, 0.25) is 0 Å². The van der Waals surface area contributed by atoms with Crippen LogP contribution in [0.25, 0.3) is 0 Å². The van der Waals surface area contributed by atoms with Crippen molar-refractivity contribution in [1.29, 1.82) is 0 Å². The van der Waals surface area contributed by atoms with E-state index < -0.39 is 6.03 Å². The Morgan fingerprint density at radius 1 is 1.41 bits per heavy atom. The summed E-state index contributed by atoms with van der Waals surface area (Å²) >= 11 is 0. The first-order valence-electron chi connectivity index (χ1n) is 5.67. The monoisotopic (exact) mass is 237 g/mol. The van der Waals surface area contributed by atoms with E-state index in [1.165, 1.54) is 0 Å². The Kier molecular flexibility index (Phi) is 5.13. The molecule has 1 unspecified atom stereocenters. The third-order valence-corrected chi connectivity index (χ3v) is 2.40. The van der Waals surface area contributed by atoms with Gasteiger partial charge < -0.3 is 21.5 Å². The van der Waals surface area contributed by atoms with Crippen LogP contribution in [0.3, 0.4) is 0 Å². The number of carbonyl (C=O) groups is 1. The molecule has 0 saturated carbocycles. The second-order valence-electron chi connectivity index (χ2n) is 4.03. The number of primary amides is 1. The van der Waals surface area contributed by atoms with Crippen LogP contribution in [0, 0.1) is 0 Å². The number of aromatic hydroxyl groups is 1. The third-order valence-electron chi connectivity index (χ3n) is 2.40. The summed E-state index contributed by atoms with van der Waals surface area (Å²) in [5, 5.41) is 15.0. The number of amides is 2. The van der Waals surface area contributed by atoms with Crippen molar-refractivity contribution in [2.75, 3.05) is 11.9 Å². The summed E-state index contributed by atoms with van der Waals surface area (Å²) in [4.78, 5) is 10.6. The Morgan fingerprint density at radius 3 is 2.65 bits per heavy atom. The maximum absolute atomic E-state index is 10.6. The van der Waals surface area contributed by atoms with Gasteiger partial charge in [-0.15, -0.1) is 0 Å². The van der Waals surface area contributed by atoms with Crippen molar-refractivity contribution in [3.63, 3.8) is 0 Å². The molecule has 0 aliphatic heterocycles. The van der Waals surface area contributed by atoms with Gasteiger partial charge in [-0.1, -0.05) is 0 Å². The highest BCUT2D eigenvalue weighted by Crippen LogP contribution is 2.13. The zero-order valence-corrected chi connectivity index (χ0v) is 9.94. The first-order valence-corrected chi connectivity index (χ1v) is 5.67. The number of anilines is 1. The van der Waals surface area contributed by atoms with Gasteiger partial charge in [0.2, 0.25) is 0 Å². The van der Waals surface area contributed by atoms with Crippen LogP contribution in [0.5, 0.6) is 5.75 Å². The highest BCUT2D eigenvalue weighted by atomic mass is 16.3. The van der Waals surface area contributed by atoms with Crippen LogP contribution in [-0.2, 0) is 0 Å². The summed E-state index contributed by atoms with van der Waals surface area (Å²) in [6.07, 6.45) is 1.80. The molecule has 0 aliphatic rings. The summed E-state index contributed by atoms with van der Waals surface area (Å²) in [5.41, 5.74) is 5.98. The molecular weight excluding hydrogens is 218 g/mol. The minimum Gasteiger partial charge on any atom is -0.508 e. The Bertz CT molecular complexity index is 351. The van der Waals surface area contributed by atoms with Gasteiger partial charge in [0.05, 0.1) is 0 Å². The van der Waals surface area contributed by atoms with E-state index in [-0.39, 0.29) is 11.8 Å². The van der Waals surface area contributed by atoms with E-state index in [4.69, 9.17) is 10.8 Å². The molecule has 0 fully saturated rings. The van der Waals surface area contributed by atoms with Crippen molar-refractivity contribution < 1.29 is 9.90 Å². The summed E-state index contributed by atoms with van der Waals surface area (Å²) < 4.78 is 0. The fourth-order valence-corrected chi connectivity index (χ4v) is 1.54. The molecule has 0 spiro atoms. The lowest BCUT2D eigenvalue weighted by Gasteiger charge is -2.12. The van der Waals surface area contributed by atoms with E-state index in [1.54, 1.807) is 12.1 Å². The van der Waals surface area contributed by atoms with Crippen molar-refractivity contribution in [1.82, 2.24) is 5.32 Å². The molecule has 0 radical (unpaired) electrons. The Hall–Kier alpha value is -1.91. The lowest BCUT2D eigenvalue weighted by molar-refractivity contribution is 0.245. The van der Waals surface area contributed by atoms with Gasteiger partial charge in [-0.05, 0) is 44.0 Å². The minimum absolute atomic E-state index is 0.0918. The Labute approximate surface area is 101 Å². The smallest absolute Gasteiger partial charge is 0.312 e. The van der Waals surface area contributed by atoms with Crippen molar-refractivity contribution in [2.24, 2.45) is 5.73 Å². The lowest BCUT2D eigenvalue weighted by atomic mass is 10.2. The van der Waals surface area contributed by atoms with E-state index in [0.29, 0.717) is 0 Å². The summed E-state index contributed by atoms with van der Waals surface area (Å²) in [5.74, 6) is 0.259. The molecule has 0 aromatic heterocycles. The molecule has 0 aliphatic carbocycles. The van der Waals surface area contributed by atoms with Crippen molar-refractivity contribution in [3.05, 3.63) is 24.3 Å². The summed E-state index contributed by atoms with van der Waals surface area (Å²) in [6.45, 7) is 2.74. The van der Waals surface area contributed by atoms with Crippen LogP contribution in [0.15, 0.2) is 24.3 Å². The predicted octanol–water partition coefficient (Wildman–Crippen LogP) is 1.64. The molecule has 17 heavy (non-hydrogen) atoms. The molecule has 1 aromatic rings. The second kappa shape index (κ2) is 6.62. The van der Waals surface area contributed by atoms with Gasteiger partial charge in [0.15, 0.2) is 0 Å². The maximum atomic E-state index is 10.6. The van der Waals surface area contributed by atoms with Gasteiger partial charge in [-0.3, -0.25) is 0 Å². The number of urea groups is 1. The van der Waals surface area contributed by atoms with Crippen LogP contribution in [0.1, 0.15) is 19.8 Å². The molecule has 5 N–H and O–H groups in total. The van der Waals surface area contributed by atoms with E-state index in [1.807, 2.05) is 19.1 Å². The van der Waals surface area contributed by atoms with Crippen LogP contribution in [0.4, 0.5) is 10.5 Å². The molecule has 94 valence electrons. The number of rotatable bonds is 6. The quantitative estimate of drug-likeness (QED) is 0.448. The molecule has 2 amide bonds. The summed E-state index contributed by atoms with van der Waals surface area (Å²) in [7, 11) is 0. The average Bonchev–Trinajstić information content (AvgIpc) is 2.26. The van der Waals surface area contributed by atoms with Gasteiger partial charge in [-0.25, -0.2) is 4.79 Å². The SMILES string of the molecule is CC(CCCNc1ccc(O)cc1)NC(N)=O. The Morgan fingerprint density at radius 2 is 2.06 bits per heavy atom. The molecule has 0 saturated heterocycles. The van der Waals surface area contributed by atoms with Crippen LogP contribution < -0.4 is 16.4 Å². The molecule has 5 heteroatoms. The number of hydrogen-bond donors (Lipinski definition) is 4. The van der Waals surface area contributed by atoms with E-state index >= 15 is 0 Å². The van der Waals surface area contributed by atoms with Crippen molar-refractivity contribution in [3.8, 4) is 5.75 Å². The molecule has 1 atom stereocenters. The lowest BCUT2D eigenvalue weighted by Crippen LogP contribution is -2.36. The standard InChI is InChI=1S/C12H19N3O2/c1-9(15-12(13)17)3-2-8-14-10-4-6-11(16)7-5-10/h4-7,9,14,16H,2-3,8H2,1H3,(H3,13,15,17). The van der Waals surface area contributed by atoms with Gasteiger partial charge in [0.1, 0.15) is 5.75 Å². The van der Waals surface area contributed by atoms with Gasteiger partial charge in [0.25, 0.3) is 0 Å². The van der Waals surface area contributed by atoms with E-state index in [2.05, 4.69) is 10.6 Å². The number of nitrogens with one attached hydrogen (secondary N) is 2. The molecular formula is C12H19N3O2. The van der Waals surface area contributed by atoms with Gasteiger partial charge >= 0.3 is 6.03 Å². The number of hydrogen-bond acceptors (Lipinski definition) is 3. The Balaban J connectivity index is 2.15. The van der Waals surface area contributed by atoms with Gasteiger partial charge in [0, 0.05) is 18.3 Å². The highest BCUT2D eigenvalue weighted by Gasteiger charge is 2.02. The van der Waals surface area contributed by atoms with E-state index in [9.17, 15) is 4.79 Å². The number of nitrogens with two attached hydrogens (primary N) is 1. The van der Waals surface area contributed by atoms with Crippen molar-refractivity contribution >= 4 is 11.7 Å². The molecule has 1 aromatic carbocycles. The average molecular weight is 237 g/mol. The topological polar surface area (TPSA) is 87.4 Å². The molecule has 5 nitrogen and oxygen atoms in total. The zero-order chi connectivity index (χ0) is 12.7.